The zero-order chi connectivity index (χ0) is 15.4. The fraction of sp³-hybridized carbons (Fsp3) is 0.692. The maximum Gasteiger partial charge on any atom is 0.334 e. The molecule has 0 saturated carbocycles. The summed E-state index contributed by atoms with van der Waals surface area (Å²) >= 11 is 0. The average Bonchev–Trinajstić information content (AvgIpc) is 2.40. The van der Waals surface area contributed by atoms with Crippen LogP contribution in [0.3, 0.4) is 0 Å². The van der Waals surface area contributed by atoms with Crippen LogP contribution in [0.25, 0.3) is 0 Å². The zero-order valence-corrected chi connectivity index (χ0v) is 13.5. The minimum atomic E-state index is -1.17. The Labute approximate surface area is 131 Å². The summed E-state index contributed by atoms with van der Waals surface area (Å²) in [5.74, 6) is -1.79. The Morgan fingerprint density at radius 3 is 1.95 bits per heavy atom. The molecule has 7 nitrogen and oxygen atoms in total. The molecule has 0 saturated heterocycles. The molecule has 0 fully saturated rings. The summed E-state index contributed by atoms with van der Waals surface area (Å²) in [4.78, 5) is 23.9. The first-order valence-electron chi connectivity index (χ1n) is 6.29. The molecule has 0 heterocycles. The quantitative estimate of drug-likeness (QED) is 0.439. The third-order valence-corrected chi connectivity index (χ3v) is 2.53. The van der Waals surface area contributed by atoms with Gasteiger partial charge in [0.1, 0.15) is 6.61 Å². The number of carboxylic acid groups (broad SMARTS) is 1. The number of carbonyl (C=O) groups is 2. The lowest BCUT2D eigenvalue weighted by atomic mass is 10.3. The summed E-state index contributed by atoms with van der Waals surface area (Å²) < 4.78 is 15.0. The molecule has 0 unspecified atom stereocenters. The number of esters is 1. The molecule has 0 aromatic carbocycles. The normalized spacial score (nSPS) is 11.1. The molecule has 0 radical (unpaired) electrons. The van der Waals surface area contributed by atoms with E-state index in [4.69, 9.17) is 19.3 Å². The number of methoxy groups -OCH3 is 2. The molecule has 0 aliphatic carbocycles. The monoisotopic (exact) mass is 325 g/mol. The molecule has 21 heavy (non-hydrogen) atoms. The van der Waals surface area contributed by atoms with Gasteiger partial charge in [-0.1, -0.05) is 0 Å². The Hall–Kier alpha value is -1.15. The highest BCUT2D eigenvalue weighted by molar-refractivity contribution is 5.95. The molecule has 0 aromatic rings. The van der Waals surface area contributed by atoms with Crippen LogP contribution in [0.15, 0.2) is 11.6 Å². The summed E-state index contributed by atoms with van der Waals surface area (Å²) in [7, 11) is 3.24. The van der Waals surface area contributed by atoms with E-state index in [0.29, 0.717) is 32.8 Å². The van der Waals surface area contributed by atoms with Crippen LogP contribution in [0.2, 0.25) is 0 Å². The number of hydrogen-bond donors (Lipinski definition) is 1. The minimum absolute atomic E-state index is 0. The lowest BCUT2D eigenvalue weighted by molar-refractivity contribution is -0.140. The summed E-state index contributed by atoms with van der Waals surface area (Å²) in [5, 5.41) is 8.52. The lowest BCUT2D eigenvalue weighted by Gasteiger charge is -2.21. The summed E-state index contributed by atoms with van der Waals surface area (Å²) in [6.07, 6.45) is 0.829. The van der Waals surface area contributed by atoms with Crippen molar-refractivity contribution in [1.82, 2.24) is 4.90 Å². The van der Waals surface area contributed by atoms with Crippen LogP contribution in [0.1, 0.15) is 6.92 Å². The van der Waals surface area contributed by atoms with Crippen LogP contribution in [-0.2, 0) is 23.8 Å². The van der Waals surface area contributed by atoms with Crippen LogP contribution in [-0.4, -0.2) is 75.6 Å². The smallest absolute Gasteiger partial charge is 0.334 e. The van der Waals surface area contributed by atoms with E-state index in [-0.39, 0.29) is 24.6 Å². The minimum Gasteiger partial charge on any atom is -0.478 e. The van der Waals surface area contributed by atoms with Gasteiger partial charge in [-0.15, -0.1) is 12.4 Å². The Morgan fingerprint density at radius 2 is 1.52 bits per heavy atom. The van der Waals surface area contributed by atoms with Crippen molar-refractivity contribution in [2.24, 2.45) is 0 Å². The molecule has 0 aliphatic rings. The molecular formula is C13H24ClNO6. The summed E-state index contributed by atoms with van der Waals surface area (Å²) in [6, 6.07) is 0. The number of aliphatic carboxylic acids is 1. The molecule has 0 aliphatic heterocycles. The van der Waals surface area contributed by atoms with Crippen LogP contribution < -0.4 is 0 Å². The zero-order valence-electron chi connectivity index (χ0n) is 12.7. The molecule has 0 bridgehead atoms. The molecular weight excluding hydrogens is 302 g/mol. The lowest BCUT2D eigenvalue weighted by Crippen LogP contribution is -2.34. The predicted octanol–water partition coefficient (Wildman–Crippen LogP) is 0.577. The highest BCUT2D eigenvalue weighted by Crippen LogP contribution is 1.97. The number of ether oxygens (including phenoxy) is 3. The largest absolute Gasteiger partial charge is 0.478 e. The second kappa shape index (κ2) is 13.8. The SMILES string of the molecule is COCCN(CCOC)CCOC(=O)/C(C)=C/C(=O)O.Cl. The van der Waals surface area contributed by atoms with Gasteiger partial charge in [0.25, 0.3) is 0 Å². The fourth-order valence-electron chi connectivity index (χ4n) is 1.40. The van der Waals surface area contributed by atoms with Crippen molar-refractivity contribution < 1.29 is 28.9 Å². The molecule has 0 rings (SSSR count). The van der Waals surface area contributed by atoms with Crippen molar-refractivity contribution in [3.05, 3.63) is 11.6 Å². The van der Waals surface area contributed by atoms with Gasteiger partial charge < -0.3 is 19.3 Å². The second-order valence-electron chi connectivity index (χ2n) is 4.13. The molecule has 8 heteroatoms. The highest BCUT2D eigenvalue weighted by atomic mass is 35.5. The Morgan fingerprint density at radius 1 is 1.05 bits per heavy atom. The van der Waals surface area contributed by atoms with E-state index in [9.17, 15) is 9.59 Å². The van der Waals surface area contributed by atoms with Crippen molar-refractivity contribution in [1.29, 1.82) is 0 Å². The van der Waals surface area contributed by atoms with Crippen molar-refractivity contribution >= 4 is 24.3 Å². The maximum absolute atomic E-state index is 11.5. The van der Waals surface area contributed by atoms with E-state index >= 15 is 0 Å². The Bertz CT molecular complexity index is 327. The Kier molecular flexibility index (Phi) is 14.6. The van der Waals surface area contributed by atoms with Gasteiger partial charge in [0.05, 0.1) is 13.2 Å². The standard InChI is InChI=1S/C13H23NO6.ClH/c1-11(10-12(15)16)13(17)20-9-6-14(4-7-18-2)5-8-19-3;/h10H,4-9H2,1-3H3,(H,15,16);1H/b11-10+;. The van der Waals surface area contributed by atoms with E-state index in [2.05, 4.69) is 0 Å². The number of rotatable bonds is 11. The summed E-state index contributed by atoms with van der Waals surface area (Å²) in [6.45, 7) is 4.72. The van der Waals surface area contributed by atoms with Gasteiger partial charge in [0.2, 0.25) is 0 Å². The number of hydrogen-bond acceptors (Lipinski definition) is 6. The van der Waals surface area contributed by atoms with Crippen molar-refractivity contribution in [3.8, 4) is 0 Å². The maximum atomic E-state index is 11.5. The van der Waals surface area contributed by atoms with E-state index in [1.54, 1.807) is 14.2 Å². The van der Waals surface area contributed by atoms with Crippen LogP contribution in [0, 0.1) is 0 Å². The van der Waals surface area contributed by atoms with E-state index in [1.165, 1.54) is 6.92 Å². The molecule has 1 N–H and O–H groups in total. The molecule has 0 amide bonds. The van der Waals surface area contributed by atoms with Gasteiger partial charge in [-0.2, -0.15) is 0 Å². The topological polar surface area (TPSA) is 85.3 Å². The average molecular weight is 326 g/mol. The molecule has 0 atom stereocenters. The first-order valence-corrected chi connectivity index (χ1v) is 6.29. The van der Waals surface area contributed by atoms with E-state index < -0.39 is 11.9 Å². The van der Waals surface area contributed by atoms with Crippen molar-refractivity contribution in [3.63, 3.8) is 0 Å². The van der Waals surface area contributed by atoms with Gasteiger partial charge in [-0.25, -0.2) is 9.59 Å². The van der Waals surface area contributed by atoms with Gasteiger partial charge >= 0.3 is 11.9 Å². The van der Waals surface area contributed by atoms with Gasteiger partial charge in [-0.3, -0.25) is 4.90 Å². The van der Waals surface area contributed by atoms with Crippen molar-refractivity contribution in [2.75, 3.05) is 53.7 Å². The predicted molar refractivity (Wildman–Crippen MR) is 79.8 cm³/mol. The second-order valence-corrected chi connectivity index (χ2v) is 4.13. The number of halogens is 1. The molecule has 124 valence electrons. The number of carboxylic acids is 1. The third kappa shape index (κ3) is 12.3. The van der Waals surface area contributed by atoms with Gasteiger partial charge in [-0.05, 0) is 6.92 Å². The summed E-state index contributed by atoms with van der Waals surface area (Å²) in [5.41, 5.74) is 0.0674. The van der Waals surface area contributed by atoms with E-state index in [1.807, 2.05) is 4.90 Å². The fourth-order valence-corrected chi connectivity index (χ4v) is 1.40. The van der Waals surface area contributed by atoms with Crippen LogP contribution >= 0.6 is 12.4 Å². The molecule has 0 spiro atoms. The van der Waals surface area contributed by atoms with Gasteiger partial charge in [0, 0.05) is 45.5 Å². The Balaban J connectivity index is 0. The first-order chi connectivity index (χ1) is 9.51. The molecule has 0 aromatic heterocycles. The number of nitrogens with zero attached hydrogens (tertiary/aromatic N) is 1. The highest BCUT2D eigenvalue weighted by Gasteiger charge is 2.09. The number of carbonyl (C=O) groups excluding carboxylic acids is 1. The van der Waals surface area contributed by atoms with Crippen molar-refractivity contribution in [2.45, 2.75) is 6.92 Å². The van der Waals surface area contributed by atoms with Crippen LogP contribution in [0.4, 0.5) is 0 Å². The van der Waals surface area contributed by atoms with E-state index in [0.717, 1.165) is 6.08 Å². The first kappa shape index (κ1) is 22.1. The van der Waals surface area contributed by atoms with Gasteiger partial charge in [0.15, 0.2) is 0 Å². The third-order valence-electron chi connectivity index (χ3n) is 2.53. The van der Waals surface area contributed by atoms with Crippen LogP contribution in [0.5, 0.6) is 0 Å².